The van der Waals surface area contributed by atoms with Gasteiger partial charge >= 0.3 is 12.0 Å². The lowest BCUT2D eigenvalue weighted by Gasteiger charge is -2.14. The van der Waals surface area contributed by atoms with E-state index in [2.05, 4.69) is 5.32 Å². The predicted octanol–water partition coefficient (Wildman–Crippen LogP) is 1.55. The summed E-state index contributed by atoms with van der Waals surface area (Å²) in [6.07, 6.45) is 0. The Bertz CT molecular complexity index is 843. The highest BCUT2D eigenvalue weighted by Crippen LogP contribution is 2.24. The first-order chi connectivity index (χ1) is 11.5. The van der Waals surface area contributed by atoms with Crippen LogP contribution in [-0.2, 0) is 4.84 Å². The molecule has 0 radical (unpaired) electrons. The summed E-state index contributed by atoms with van der Waals surface area (Å²) in [5.74, 6) is -2.44. The fourth-order valence-corrected chi connectivity index (χ4v) is 2.28. The number of benzene rings is 2. The number of hydrogen-bond acceptors (Lipinski definition) is 5. The summed E-state index contributed by atoms with van der Waals surface area (Å²) < 4.78 is 0. The number of amides is 4. The van der Waals surface area contributed by atoms with Crippen LogP contribution < -0.4 is 11.1 Å². The van der Waals surface area contributed by atoms with E-state index >= 15 is 0 Å². The Hall–Kier alpha value is -3.68. The molecule has 0 fully saturated rings. The number of primary amides is 1. The summed E-state index contributed by atoms with van der Waals surface area (Å²) in [5, 5.41) is 2.67. The Balaban J connectivity index is 1.86. The molecule has 0 saturated heterocycles. The normalized spacial score (nSPS) is 12.8. The second kappa shape index (κ2) is 5.84. The zero-order valence-electron chi connectivity index (χ0n) is 12.2. The first-order valence-electron chi connectivity index (χ1n) is 6.84. The number of nitrogens with two attached hydrogens (primary N) is 1. The van der Waals surface area contributed by atoms with Crippen LogP contribution in [0.4, 0.5) is 10.5 Å². The topological polar surface area (TPSA) is 119 Å². The van der Waals surface area contributed by atoms with Crippen LogP contribution in [0.2, 0.25) is 0 Å². The van der Waals surface area contributed by atoms with Gasteiger partial charge < -0.3 is 15.9 Å². The average Bonchev–Trinajstić information content (AvgIpc) is 2.80. The van der Waals surface area contributed by atoms with Crippen molar-refractivity contribution in [1.82, 2.24) is 5.06 Å². The number of hydroxylamine groups is 2. The van der Waals surface area contributed by atoms with Crippen molar-refractivity contribution in [2.24, 2.45) is 5.73 Å². The Morgan fingerprint density at radius 2 is 1.46 bits per heavy atom. The molecule has 8 nitrogen and oxygen atoms in total. The van der Waals surface area contributed by atoms with Gasteiger partial charge in [-0.25, -0.2) is 9.59 Å². The van der Waals surface area contributed by atoms with Crippen molar-refractivity contribution in [3.63, 3.8) is 0 Å². The summed E-state index contributed by atoms with van der Waals surface area (Å²) in [4.78, 5) is 52.5. The fourth-order valence-electron chi connectivity index (χ4n) is 2.28. The van der Waals surface area contributed by atoms with Gasteiger partial charge in [-0.05, 0) is 24.3 Å². The molecule has 0 aromatic heterocycles. The maximum Gasteiger partial charge on any atom is 0.366 e. The SMILES string of the molecule is NC(=O)Nc1ccccc1C(=O)ON1C(=O)c2ccccc2C1=O. The van der Waals surface area contributed by atoms with E-state index in [9.17, 15) is 19.2 Å². The zero-order valence-corrected chi connectivity index (χ0v) is 12.2. The van der Waals surface area contributed by atoms with Gasteiger partial charge in [0.15, 0.2) is 0 Å². The number of imide groups is 1. The Labute approximate surface area is 135 Å². The maximum absolute atomic E-state index is 12.3. The number of nitrogens with one attached hydrogen (secondary N) is 1. The molecule has 1 aliphatic rings. The molecule has 2 aromatic carbocycles. The molecule has 0 atom stereocenters. The van der Waals surface area contributed by atoms with E-state index in [0.29, 0.717) is 5.06 Å². The number of urea groups is 1. The van der Waals surface area contributed by atoms with Gasteiger partial charge in [-0.1, -0.05) is 29.3 Å². The van der Waals surface area contributed by atoms with Gasteiger partial charge in [-0.15, -0.1) is 0 Å². The second-order valence-electron chi connectivity index (χ2n) is 4.86. The number of anilines is 1. The van der Waals surface area contributed by atoms with E-state index in [4.69, 9.17) is 10.6 Å². The Morgan fingerprint density at radius 1 is 0.917 bits per heavy atom. The molecular weight excluding hydrogens is 314 g/mol. The van der Waals surface area contributed by atoms with Gasteiger partial charge in [-0.3, -0.25) is 9.59 Å². The van der Waals surface area contributed by atoms with Crippen molar-refractivity contribution in [2.45, 2.75) is 0 Å². The highest BCUT2D eigenvalue weighted by atomic mass is 16.7. The Morgan fingerprint density at radius 3 is 2.04 bits per heavy atom. The predicted molar refractivity (Wildman–Crippen MR) is 82.0 cm³/mol. The van der Waals surface area contributed by atoms with Crippen LogP contribution in [0.5, 0.6) is 0 Å². The molecule has 24 heavy (non-hydrogen) atoms. The largest absolute Gasteiger partial charge is 0.366 e. The lowest BCUT2D eigenvalue weighted by Crippen LogP contribution is -2.33. The molecule has 4 amide bonds. The van der Waals surface area contributed by atoms with E-state index in [-0.39, 0.29) is 22.4 Å². The molecular formula is C16H11N3O5. The fraction of sp³-hybridized carbons (Fsp3) is 0. The summed E-state index contributed by atoms with van der Waals surface area (Å²) >= 11 is 0. The van der Waals surface area contributed by atoms with Crippen LogP contribution in [-0.4, -0.2) is 28.9 Å². The van der Waals surface area contributed by atoms with Crippen molar-refractivity contribution in [1.29, 1.82) is 0 Å². The third-order valence-electron chi connectivity index (χ3n) is 3.34. The lowest BCUT2D eigenvalue weighted by atomic mass is 10.1. The average molecular weight is 325 g/mol. The standard InChI is InChI=1S/C16H11N3O5/c17-16(23)18-12-8-4-3-7-11(12)15(22)24-19-13(20)9-5-1-2-6-10(9)14(19)21/h1-8H,(H3,17,18,23). The number of rotatable bonds is 3. The molecule has 3 N–H and O–H groups in total. The van der Waals surface area contributed by atoms with Crippen LogP contribution in [0.25, 0.3) is 0 Å². The minimum Gasteiger partial charge on any atom is -0.351 e. The minimum atomic E-state index is -0.978. The van der Waals surface area contributed by atoms with Crippen LogP contribution in [0.15, 0.2) is 48.5 Å². The van der Waals surface area contributed by atoms with E-state index in [1.807, 2.05) is 0 Å². The number of fused-ring (bicyclic) bond motifs is 1. The molecule has 1 aliphatic heterocycles. The van der Waals surface area contributed by atoms with E-state index in [1.165, 1.54) is 30.3 Å². The molecule has 3 rings (SSSR count). The monoisotopic (exact) mass is 325 g/mol. The lowest BCUT2D eigenvalue weighted by molar-refractivity contribution is -0.0583. The second-order valence-corrected chi connectivity index (χ2v) is 4.86. The van der Waals surface area contributed by atoms with Gasteiger partial charge in [0, 0.05) is 0 Å². The highest BCUT2D eigenvalue weighted by molar-refractivity contribution is 6.21. The van der Waals surface area contributed by atoms with Gasteiger partial charge in [-0.2, -0.15) is 0 Å². The van der Waals surface area contributed by atoms with Crippen LogP contribution in [0, 0.1) is 0 Å². The quantitative estimate of drug-likeness (QED) is 0.830. The minimum absolute atomic E-state index is 0.0483. The molecule has 2 aromatic rings. The van der Waals surface area contributed by atoms with Gasteiger partial charge in [0.1, 0.15) is 0 Å². The van der Waals surface area contributed by atoms with Crippen molar-refractivity contribution >= 4 is 29.5 Å². The third-order valence-corrected chi connectivity index (χ3v) is 3.34. The van der Waals surface area contributed by atoms with Crippen molar-refractivity contribution < 1.29 is 24.0 Å². The van der Waals surface area contributed by atoms with Gasteiger partial charge in [0.25, 0.3) is 11.8 Å². The van der Waals surface area contributed by atoms with E-state index < -0.39 is 23.8 Å². The van der Waals surface area contributed by atoms with Crippen molar-refractivity contribution in [2.75, 3.05) is 5.32 Å². The summed E-state index contributed by atoms with van der Waals surface area (Å²) in [6.45, 7) is 0. The number of para-hydroxylation sites is 1. The highest BCUT2D eigenvalue weighted by Gasteiger charge is 2.39. The number of hydrogen-bond donors (Lipinski definition) is 2. The van der Waals surface area contributed by atoms with Gasteiger partial charge in [0.2, 0.25) is 0 Å². The number of nitrogens with zero attached hydrogens (tertiary/aromatic N) is 1. The molecule has 0 unspecified atom stereocenters. The van der Waals surface area contributed by atoms with E-state index in [0.717, 1.165) is 0 Å². The molecule has 0 saturated carbocycles. The van der Waals surface area contributed by atoms with Gasteiger partial charge in [0.05, 0.1) is 22.4 Å². The molecule has 0 aliphatic carbocycles. The van der Waals surface area contributed by atoms with Crippen LogP contribution >= 0.6 is 0 Å². The molecule has 120 valence electrons. The maximum atomic E-state index is 12.3. The molecule has 1 heterocycles. The van der Waals surface area contributed by atoms with Crippen molar-refractivity contribution in [3.8, 4) is 0 Å². The van der Waals surface area contributed by atoms with Crippen LogP contribution in [0.3, 0.4) is 0 Å². The summed E-state index contributed by atoms with van der Waals surface area (Å²) in [5.41, 5.74) is 5.40. The number of carbonyl (C=O) groups excluding carboxylic acids is 4. The summed E-state index contributed by atoms with van der Waals surface area (Å²) in [7, 11) is 0. The molecule has 0 bridgehead atoms. The first kappa shape index (κ1) is 15.2. The summed E-state index contributed by atoms with van der Waals surface area (Å²) in [6, 6.07) is 11.2. The Kier molecular flexibility index (Phi) is 3.70. The van der Waals surface area contributed by atoms with Crippen LogP contribution in [0.1, 0.15) is 31.1 Å². The number of carbonyl (C=O) groups is 4. The zero-order chi connectivity index (χ0) is 17.3. The molecule has 8 heteroatoms. The van der Waals surface area contributed by atoms with E-state index in [1.54, 1.807) is 18.2 Å². The smallest absolute Gasteiger partial charge is 0.351 e. The first-order valence-corrected chi connectivity index (χ1v) is 6.84. The molecule has 0 spiro atoms. The third kappa shape index (κ3) is 2.56. The van der Waals surface area contributed by atoms with Crippen molar-refractivity contribution in [3.05, 3.63) is 65.2 Å².